The number of rotatable bonds is 12. The summed E-state index contributed by atoms with van der Waals surface area (Å²) in [7, 11) is 0. The van der Waals surface area contributed by atoms with E-state index < -0.39 is 16.6 Å². The summed E-state index contributed by atoms with van der Waals surface area (Å²) >= 11 is -2.56. The maximum absolute atomic E-state index is 2.73. The zero-order valence-corrected chi connectivity index (χ0v) is 21.7. The monoisotopic (exact) mass is 388 g/mol. The van der Waals surface area contributed by atoms with Gasteiger partial charge >= 0.3 is 166 Å². The van der Waals surface area contributed by atoms with Crippen molar-refractivity contribution < 1.29 is 16.6 Å². The second-order valence-electron chi connectivity index (χ2n) is 9.82. The van der Waals surface area contributed by atoms with E-state index in [4.69, 9.17) is 0 Å². The Bertz CT molecular complexity index is 301. The second kappa shape index (κ2) is 9.27. The first-order valence-corrected chi connectivity index (χ1v) is 14.6. The molecule has 1 heteroatoms. The Kier molecular flexibility index (Phi) is 9.54. The molecule has 0 aromatic heterocycles. The summed E-state index contributed by atoms with van der Waals surface area (Å²) in [6.45, 7) is 31.0. The van der Waals surface area contributed by atoms with Gasteiger partial charge in [-0.1, -0.05) is 0 Å². The Morgan fingerprint density at radius 1 is 0.360 bits per heavy atom. The molecular formula is C24H52Ti. The van der Waals surface area contributed by atoms with E-state index in [0.717, 1.165) is 0 Å². The Morgan fingerprint density at radius 3 is 0.560 bits per heavy atom. The van der Waals surface area contributed by atoms with Crippen LogP contribution < -0.4 is 0 Å². The molecule has 152 valence electrons. The molecule has 0 N–H and O–H groups in total. The van der Waals surface area contributed by atoms with Gasteiger partial charge in [0.2, 0.25) is 0 Å². The number of hydrogen-bond donors (Lipinski definition) is 0. The van der Waals surface area contributed by atoms with E-state index in [0.29, 0.717) is 14.9 Å². The van der Waals surface area contributed by atoms with Crippen molar-refractivity contribution in [1.29, 1.82) is 0 Å². The summed E-state index contributed by atoms with van der Waals surface area (Å²) < 4.78 is 2.18. The summed E-state index contributed by atoms with van der Waals surface area (Å²) in [6, 6.07) is 0. The van der Waals surface area contributed by atoms with E-state index in [9.17, 15) is 0 Å². The predicted molar refractivity (Wildman–Crippen MR) is 116 cm³/mol. The van der Waals surface area contributed by atoms with Crippen molar-refractivity contribution in [2.75, 3.05) is 0 Å². The van der Waals surface area contributed by atoms with Crippen molar-refractivity contribution in [1.82, 2.24) is 0 Å². The maximum atomic E-state index is 2.73. The molecule has 0 rings (SSSR count). The van der Waals surface area contributed by atoms with Gasteiger partial charge in [-0.3, -0.25) is 0 Å². The van der Waals surface area contributed by atoms with Crippen LogP contribution in [-0.4, -0.2) is 0 Å². The molecule has 0 aromatic carbocycles. The fraction of sp³-hybridized carbons (Fsp3) is 1.00. The Hall–Kier alpha value is 0.714. The Morgan fingerprint density at radius 2 is 0.480 bits per heavy atom. The molecule has 0 saturated carbocycles. The van der Waals surface area contributed by atoms with Crippen molar-refractivity contribution in [3.8, 4) is 0 Å². The normalized spacial score (nSPS) is 14.9. The molecule has 0 radical (unpaired) electrons. The molecule has 0 nitrogen and oxygen atoms in total. The van der Waals surface area contributed by atoms with Gasteiger partial charge in [-0.05, 0) is 0 Å². The van der Waals surface area contributed by atoms with Crippen molar-refractivity contribution in [3.63, 3.8) is 0 Å². The standard InChI is InChI=1S/4C6H13.Ti/c4*1-4-6(3)5-2;/h4*4-5H2,1-3H3;. The van der Waals surface area contributed by atoms with Gasteiger partial charge in [0.15, 0.2) is 0 Å². The molecule has 0 aromatic rings. The van der Waals surface area contributed by atoms with Gasteiger partial charge in [0.1, 0.15) is 0 Å². The van der Waals surface area contributed by atoms with Crippen LogP contribution in [0.15, 0.2) is 0 Å². The van der Waals surface area contributed by atoms with E-state index in [2.05, 4.69) is 83.1 Å². The van der Waals surface area contributed by atoms with Gasteiger partial charge in [0, 0.05) is 0 Å². The molecule has 0 unspecified atom stereocenters. The molecule has 0 saturated heterocycles. The van der Waals surface area contributed by atoms with E-state index >= 15 is 0 Å². The molecular weight excluding hydrogens is 336 g/mol. The first-order chi connectivity index (χ1) is 11.5. The van der Waals surface area contributed by atoms with E-state index in [1.54, 1.807) is 0 Å². The Labute approximate surface area is 165 Å². The van der Waals surface area contributed by atoms with Crippen LogP contribution in [-0.2, 0) is 16.6 Å². The molecule has 0 atom stereocenters. The molecule has 0 aliphatic carbocycles. The second-order valence-corrected chi connectivity index (χ2v) is 19.7. The molecule has 0 fully saturated rings. The van der Waals surface area contributed by atoms with Gasteiger partial charge in [-0.15, -0.1) is 0 Å². The van der Waals surface area contributed by atoms with Crippen molar-refractivity contribution >= 4 is 0 Å². The SMILES string of the molecule is CC[C](C)(CC)[Ti]([C](C)(CC)CC)([C](C)(CC)CC)[C](C)(CC)CC. The Balaban J connectivity index is 7.47. The quantitative estimate of drug-likeness (QED) is 0.292. The minimum absolute atomic E-state index is 0.544. The van der Waals surface area contributed by atoms with E-state index in [1.165, 1.54) is 51.4 Å². The van der Waals surface area contributed by atoms with Crippen LogP contribution >= 0.6 is 0 Å². The van der Waals surface area contributed by atoms with Crippen molar-refractivity contribution in [2.45, 2.75) is 149 Å². The summed E-state index contributed by atoms with van der Waals surface area (Å²) in [5, 5.41) is 0. The van der Waals surface area contributed by atoms with Crippen LogP contribution in [0.3, 0.4) is 0 Å². The zero-order chi connectivity index (χ0) is 20.2. The van der Waals surface area contributed by atoms with Crippen LogP contribution in [0, 0.1) is 0 Å². The van der Waals surface area contributed by atoms with Gasteiger partial charge in [-0.2, -0.15) is 0 Å². The number of hydrogen-bond acceptors (Lipinski definition) is 0. The summed E-state index contributed by atoms with van der Waals surface area (Å²) in [4.78, 5) is 0. The topological polar surface area (TPSA) is 0 Å². The predicted octanol–water partition coefficient (Wildman–Crippen LogP) is 10.1. The van der Waals surface area contributed by atoms with E-state index in [1.807, 2.05) is 0 Å². The van der Waals surface area contributed by atoms with Gasteiger partial charge in [-0.25, -0.2) is 0 Å². The third-order valence-electron chi connectivity index (χ3n) is 9.86. The summed E-state index contributed by atoms with van der Waals surface area (Å²) in [6.07, 6.45) is 10.9. The van der Waals surface area contributed by atoms with E-state index in [-0.39, 0.29) is 0 Å². The zero-order valence-electron chi connectivity index (χ0n) is 20.2. The van der Waals surface area contributed by atoms with Crippen molar-refractivity contribution in [3.05, 3.63) is 0 Å². The molecule has 0 aliphatic heterocycles. The van der Waals surface area contributed by atoms with Crippen LogP contribution in [0.1, 0.15) is 134 Å². The van der Waals surface area contributed by atoms with Crippen LogP contribution in [0.4, 0.5) is 0 Å². The first kappa shape index (κ1) is 25.7. The van der Waals surface area contributed by atoms with Gasteiger partial charge in [0.25, 0.3) is 0 Å². The first-order valence-electron chi connectivity index (χ1n) is 11.5. The van der Waals surface area contributed by atoms with Gasteiger partial charge < -0.3 is 0 Å². The molecule has 0 aliphatic rings. The average molecular weight is 389 g/mol. The van der Waals surface area contributed by atoms with Crippen LogP contribution in [0.5, 0.6) is 0 Å². The third kappa shape index (κ3) is 3.46. The molecule has 0 amide bonds. The third-order valence-corrected chi connectivity index (χ3v) is 25.6. The summed E-state index contributed by atoms with van der Waals surface area (Å²) in [5.74, 6) is 0. The fourth-order valence-corrected chi connectivity index (χ4v) is 27.8. The molecule has 0 heterocycles. The molecule has 0 bridgehead atoms. The van der Waals surface area contributed by atoms with Crippen LogP contribution in [0.25, 0.3) is 0 Å². The average Bonchev–Trinajstić information content (AvgIpc) is 2.66. The van der Waals surface area contributed by atoms with Gasteiger partial charge in [0.05, 0.1) is 0 Å². The molecule has 0 spiro atoms. The summed E-state index contributed by atoms with van der Waals surface area (Å²) in [5.41, 5.74) is 0. The molecule has 25 heavy (non-hydrogen) atoms. The minimum atomic E-state index is -2.56. The fourth-order valence-electron chi connectivity index (χ4n) is 7.49. The van der Waals surface area contributed by atoms with Crippen LogP contribution in [0.2, 0.25) is 14.9 Å². The van der Waals surface area contributed by atoms with Crippen molar-refractivity contribution in [2.24, 2.45) is 0 Å².